The van der Waals surface area contributed by atoms with Crippen LogP contribution in [0.5, 0.6) is 0 Å². The molecule has 6 nitrogen and oxygen atoms in total. The minimum atomic E-state index is -1.11. The number of carboxylic acids is 1. The van der Waals surface area contributed by atoms with E-state index in [0.717, 1.165) is 17.7 Å². The molecule has 0 saturated carbocycles. The maximum absolute atomic E-state index is 11.5. The number of hydrogen-bond donors (Lipinski definition) is 1. The van der Waals surface area contributed by atoms with Crippen LogP contribution in [-0.4, -0.2) is 31.1 Å². The molecule has 3 rings (SSSR count). The Morgan fingerprint density at radius 3 is 2.73 bits per heavy atom. The van der Waals surface area contributed by atoms with Gasteiger partial charge in [0.25, 0.3) is 0 Å². The zero-order chi connectivity index (χ0) is 15.5. The molecule has 0 bridgehead atoms. The smallest absolute Gasteiger partial charge is 0.358 e. The Morgan fingerprint density at radius 2 is 2.05 bits per heavy atom. The molecule has 0 atom stereocenters. The number of para-hydroxylation sites is 1. The molecule has 0 aliphatic rings. The van der Waals surface area contributed by atoms with E-state index >= 15 is 0 Å². The molecule has 0 aliphatic carbocycles. The summed E-state index contributed by atoms with van der Waals surface area (Å²) in [6, 6.07) is 11.3. The fourth-order valence-corrected chi connectivity index (χ4v) is 2.37. The lowest BCUT2D eigenvalue weighted by atomic mass is 10.1. The lowest BCUT2D eigenvalue weighted by Gasteiger charge is -2.10. The Kier molecular flexibility index (Phi) is 3.65. The first-order valence-electron chi connectivity index (χ1n) is 6.90. The molecule has 0 spiro atoms. The van der Waals surface area contributed by atoms with Crippen molar-refractivity contribution in [2.75, 3.05) is 0 Å². The number of rotatable bonds is 4. The topological polar surface area (TPSA) is 80.9 Å². The van der Waals surface area contributed by atoms with Gasteiger partial charge in [-0.25, -0.2) is 9.48 Å². The van der Waals surface area contributed by atoms with Crippen LogP contribution in [0.4, 0.5) is 0 Å². The summed E-state index contributed by atoms with van der Waals surface area (Å²) in [5.41, 5.74) is 2.90. The van der Waals surface area contributed by atoms with Crippen molar-refractivity contribution in [2.45, 2.75) is 13.3 Å². The molecule has 2 aromatic heterocycles. The van der Waals surface area contributed by atoms with Crippen molar-refractivity contribution in [2.24, 2.45) is 0 Å². The van der Waals surface area contributed by atoms with E-state index in [1.165, 1.54) is 0 Å². The van der Waals surface area contributed by atoms with Crippen LogP contribution in [0.3, 0.4) is 0 Å². The molecule has 0 radical (unpaired) electrons. The Balaban J connectivity index is 2.28. The van der Waals surface area contributed by atoms with Gasteiger partial charge in [0.15, 0.2) is 5.69 Å². The summed E-state index contributed by atoms with van der Waals surface area (Å²) in [6.45, 7) is 2.04. The van der Waals surface area contributed by atoms with Crippen molar-refractivity contribution in [1.82, 2.24) is 20.0 Å². The molecule has 0 aliphatic heterocycles. The van der Waals surface area contributed by atoms with E-state index < -0.39 is 5.97 Å². The van der Waals surface area contributed by atoms with E-state index in [1.54, 1.807) is 29.2 Å². The quantitative estimate of drug-likeness (QED) is 0.800. The highest BCUT2D eigenvalue weighted by atomic mass is 16.4. The summed E-state index contributed by atoms with van der Waals surface area (Å²) in [5.74, 6) is -1.11. The number of carbonyl (C=O) groups is 1. The van der Waals surface area contributed by atoms with E-state index in [0.29, 0.717) is 11.3 Å². The first-order chi connectivity index (χ1) is 10.7. The average molecular weight is 294 g/mol. The second-order valence-corrected chi connectivity index (χ2v) is 4.73. The van der Waals surface area contributed by atoms with Gasteiger partial charge in [0.2, 0.25) is 0 Å². The largest absolute Gasteiger partial charge is 0.476 e. The zero-order valence-electron chi connectivity index (χ0n) is 12.0. The van der Waals surface area contributed by atoms with Gasteiger partial charge >= 0.3 is 5.97 Å². The van der Waals surface area contributed by atoms with Crippen LogP contribution in [0, 0.1) is 0 Å². The molecule has 110 valence electrons. The van der Waals surface area contributed by atoms with E-state index in [4.69, 9.17) is 0 Å². The molecule has 2 heterocycles. The standard InChI is InChI=1S/C16H14N4O2/c1-2-11-6-3-4-8-13(11)20-15(12-7-5-9-17-10-12)14(16(21)22)18-19-20/h3-10H,2H2,1H3,(H,21,22). The van der Waals surface area contributed by atoms with Crippen molar-refractivity contribution in [3.8, 4) is 16.9 Å². The lowest BCUT2D eigenvalue weighted by molar-refractivity contribution is 0.0691. The molecule has 1 aromatic carbocycles. The van der Waals surface area contributed by atoms with Crippen LogP contribution in [0.25, 0.3) is 16.9 Å². The fraction of sp³-hybridized carbons (Fsp3) is 0.125. The third kappa shape index (κ3) is 2.35. The van der Waals surface area contributed by atoms with Gasteiger partial charge in [-0.3, -0.25) is 4.98 Å². The minimum Gasteiger partial charge on any atom is -0.476 e. The van der Waals surface area contributed by atoms with Crippen molar-refractivity contribution in [3.63, 3.8) is 0 Å². The average Bonchev–Trinajstić information content (AvgIpc) is 3.00. The van der Waals surface area contributed by atoms with Gasteiger partial charge in [0.1, 0.15) is 5.69 Å². The maximum atomic E-state index is 11.5. The van der Waals surface area contributed by atoms with E-state index in [1.807, 2.05) is 31.2 Å². The van der Waals surface area contributed by atoms with Crippen molar-refractivity contribution >= 4 is 5.97 Å². The number of aryl methyl sites for hydroxylation is 1. The highest BCUT2D eigenvalue weighted by Crippen LogP contribution is 2.26. The molecule has 22 heavy (non-hydrogen) atoms. The number of aromatic nitrogens is 4. The number of aromatic carboxylic acids is 1. The summed E-state index contributed by atoms with van der Waals surface area (Å²) in [6.07, 6.45) is 4.05. The molecule has 0 fully saturated rings. The number of benzene rings is 1. The van der Waals surface area contributed by atoms with Crippen LogP contribution in [0.15, 0.2) is 48.8 Å². The molecule has 3 aromatic rings. The summed E-state index contributed by atoms with van der Waals surface area (Å²) < 4.78 is 1.57. The Morgan fingerprint density at radius 1 is 1.23 bits per heavy atom. The Hall–Kier alpha value is -3.02. The highest BCUT2D eigenvalue weighted by molar-refractivity contribution is 5.93. The molecule has 0 saturated heterocycles. The van der Waals surface area contributed by atoms with Crippen LogP contribution >= 0.6 is 0 Å². The van der Waals surface area contributed by atoms with Gasteiger partial charge < -0.3 is 5.11 Å². The molecule has 1 N–H and O–H groups in total. The second-order valence-electron chi connectivity index (χ2n) is 4.73. The predicted octanol–water partition coefficient (Wildman–Crippen LogP) is 2.59. The maximum Gasteiger partial charge on any atom is 0.358 e. The monoisotopic (exact) mass is 294 g/mol. The highest BCUT2D eigenvalue weighted by Gasteiger charge is 2.22. The summed E-state index contributed by atoms with van der Waals surface area (Å²) in [7, 11) is 0. The molecular formula is C16H14N4O2. The van der Waals surface area contributed by atoms with Crippen LogP contribution < -0.4 is 0 Å². The second kappa shape index (κ2) is 5.77. The summed E-state index contributed by atoms with van der Waals surface area (Å²) in [5, 5.41) is 17.3. The molecular weight excluding hydrogens is 280 g/mol. The lowest BCUT2D eigenvalue weighted by Crippen LogP contribution is -2.05. The number of nitrogens with zero attached hydrogens (tertiary/aromatic N) is 4. The normalized spacial score (nSPS) is 10.6. The summed E-state index contributed by atoms with van der Waals surface area (Å²) >= 11 is 0. The zero-order valence-corrected chi connectivity index (χ0v) is 12.0. The van der Waals surface area contributed by atoms with E-state index in [2.05, 4.69) is 15.3 Å². The third-order valence-electron chi connectivity index (χ3n) is 3.41. The van der Waals surface area contributed by atoms with Crippen LogP contribution in [0.2, 0.25) is 0 Å². The Bertz CT molecular complexity index is 812. The van der Waals surface area contributed by atoms with E-state index in [-0.39, 0.29) is 5.69 Å². The first-order valence-corrected chi connectivity index (χ1v) is 6.90. The Labute approximate surface area is 127 Å². The fourth-order valence-electron chi connectivity index (χ4n) is 2.37. The number of pyridine rings is 1. The van der Waals surface area contributed by atoms with Gasteiger partial charge in [-0.15, -0.1) is 5.10 Å². The van der Waals surface area contributed by atoms with Crippen LogP contribution in [-0.2, 0) is 6.42 Å². The van der Waals surface area contributed by atoms with Crippen molar-refractivity contribution < 1.29 is 9.90 Å². The van der Waals surface area contributed by atoms with Gasteiger partial charge in [-0.2, -0.15) is 0 Å². The van der Waals surface area contributed by atoms with Gasteiger partial charge in [0, 0.05) is 18.0 Å². The van der Waals surface area contributed by atoms with Gasteiger partial charge in [-0.05, 0) is 30.2 Å². The van der Waals surface area contributed by atoms with E-state index in [9.17, 15) is 9.90 Å². The van der Waals surface area contributed by atoms with Crippen molar-refractivity contribution in [3.05, 3.63) is 60.0 Å². The van der Waals surface area contributed by atoms with Crippen molar-refractivity contribution in [1.29, 1.82) is 0 Å². The number of carboxylic acid groups (broad SMARTS) is 1. The van der Waals surface area contributed by atoms with Gasteiger partial charge in [-0.1, -0.05) is 30.3 Å². The predicted molar refractivity (Wildman–Crippen MR) is 80.9 cm³/mol. The van der Waals surface area contributed by atoms with Crippen LogP contribution in [0.1, 0.15) is 23.0 Å². The van der Waals surface area contributed by atoms with Gasteiger partial charge in [0.05, 0.1) is 5.69 Å². The number of hydrogen-bond acceptors (Lipinski definition) is 4. The first kappa shape index (κ1) is 13.9. The molecule has 0 unspecified atom stereocenters. The molecule has 6 heteroatoms. The minimum absolute atomic E-state index is 0.0843. The third-order valence-corrected chi connectivity index (χ3v) is 3.41. The summed E-state index contributed by atoms with van der Waals surface area (Å²) in [4.78, 5) is 15.5. The molecule has 0 amide bonds. The SMILES string of the molecule is CCc1ccccc1-n1nnc(C(=O)O)c1-c1cccnc1.